The molecule has 0 unspecified atom stereocenters. The van der Waals surface area contributed by atoms with Crippen molar-refractivity contribution in [1.82, 2.24) is 0 Å². The maximum atomic E-state index is 11.1. The first-order valence-electron chi connectivity index (χ1n) is 6.26. The summed E-state index contributed by atoms with van der Waals surface area (Å²) in [5, 5.41) is 0. The first-order valence-corrected chi connectivity index (χ1v) is 7.70. The van der Waals surface area contributed by atoms with Gasteiger partial charge in [0.1, 0.15) is 17.3 Å². The van der Waals surface area contributed by atoms with Gasteiger partial charge >= 0.3 is 5.97 Å². The Morgan fingerprint density at radius 1 is 1.24 bits per heavy atom. The third-order valence-corrected chi connectivity index (χ3v) is 3.26. The summed E-state index contributed by atoms with van der Waals surface area (Å²) in [6, 6.07) is 5.64. The zero-order chi connectivity index (χ0) is 15.9. The van der Waals surface area contributed by atoms with Crippen LogP contribution in [0.2, 0.25) is 0 Å². The van der Waals surface area contributed by atoms with Gasteiger partial charge in [0.25, 0.3) is 10.1 Å². The Morgan fingerprint density at radius 3 is 2.52 bits per heavy atom. The predicted molar refractivity (Wildman–Crippen MR) is 73.5 cm³/mol. The van der Waals surface area contributed by atoms with Crippen LogP contribution in [0.25, 0.3) is 0 Å². The highest BCUT2D eigenvalue weighted by Gasteiger charge is 2.15. The van der Waals surface area contributed by atoms with Crippen molar-refractivity contribution in [1.29, 1.82) is 0 Å². The zero-order valence-electron chi connectivity index (χ0n) is 11.8. The van der Waals surface area contributed by atoms with Crippen molar-refractivity contribution < 1.29 is 32.0 Å². The summed E-state index contributed by atoms with van der Waals surface area (Å²) in [5.74, 6) is -0.543. The topological polar surface area (TPSA) is 99.1 Å². The summed E-state index contributed by atoms with van der Waals surface area (Å²) in [6.45, 7) is 3.41. The number of para-hydroxylation sites is 1. The molecule has 21 heavy (non-hydrogen) atoms. The molecule has 0 heterocycles. The van der Waals surface area contributed by atoms with E-state index in [1.165, 1.54) is 18.2 Å². The van der Waals surface area contributed by atoms with Crippen LogP contribution >= 0.6 is 0 Å². The molecule has 1 aromatic rings. The van der Waals surface area contributed by atoms with Crippen LogP contribution in [0.4, 0.5) is 0 Å². The monoisotopic (exact) mass is 318 g/mol. The molecule has 7 nitrogen and oxygen atoms in total. The lowest BCUT2D eigenvalue weighted by Crippen LogP contribution is -2.16. The van der Waals surface area contributed by atoms with E-state index in [0.29, 0.717) is 0 Å². The molecule has 1 rings (SSSR count). The van der Waals surface area contributed by atoms with Gasteiger partial charge in [-0.25, -0.2) is 0 Å². The molecule has 0 radical (unpaired) electrons. The highest BCUT2D eigenvalue weighted by Crippen LogP contribution is 2.22. The second kappa shape index (κ2) is 7.96. The molecule has 1 N–H and O–H groups in total. The van der Waals surface area contributed by atoms with Gasteiger partial charge in [-0.15, -0.1) is 0 Å². The van der Waals surface area contributed by atoms with Crippen LogP contribution in [-0.4, -0.2) is 38.9 Å². The summed E-state index contributed by atoms with van der Waals surface area (Å²) in [7, 11) is -4.35. The Kier molecular flexibility index (Phi) is 6.60. The van der Waals surface area contributed by atoms with Crippen molar-refractivity contribution >= 4 is 16.1 Å². The van der Waals surface area contributed by atoms with Crippen molar-refractivity contribution in [2.24, 2.45) is 5.92 Å². The Balaban J connectivity index is 2.36. The quantitative estimate of drug-likeness (QED) is 0.335. The molecule has 0 aliphatic heterocycles. The third-order valence-electron chi connectivity index (χ3n) is 2.37. The van der Waals surface area contributed by atoms with Gasteiger partial charge in [-0.05, 0) is 12.1 Å². The smallest absolute Gasteiger partial charge is 0.308 e. The Hall–Kier alpha value is -1.64. The number of esters is 1. The number of carbonyl (C=O) groups is 1. The summed E-state index contributed by atoms with van der Waals surface area (Å²) in [4.78, 5) is 10.8. The van der Waals surface area contributed by atoms with Crippen LogP contribution in [0.1, 0.15) is 13.8 Å². The highest BCUT2D eigenvalue weighted by molar-refractivity contribution is 7.86. The fourth-order valence-corrected chi connectivity index (χ4v) is 1.95. The first-order chi connectivity index (χ1) is 9.82. The lowest BCUT2D eigenvalue weighted by Gasteiger charge is -2.10. The fourth-order valence-electron chi connectivity index (χ4n) is 1.31. The second-order valence-electron chi connectivity index (χ2n) is 4.41. The molecule has 8 heteroatoms. The van der Waals surface area contributed by atoms with Crippen LogP contribution in [0.3, 0.4) is 0 Å². The lowest BCUT2D eigenvalue weighted by atomic mass is 10.2. The van der Waals surface area contributed by atoms with Crippen molar-refractivity contribution in [2.75, 3.05) is 20.0 Å². The van der Waals surface area contributed by atoms with Crippen LogP contribution in [0, 0.1) is 5.92 Å². The van der Waals surface area contributed by atoms with Gasteiger partial charge < -0.3 is 14.2 Å². The van der Waals surface area contributed by atoms with Gasteiger partial charge in [-0.1, -0.05) is 26.0 Å². The fraction of sp³-hybridized carbons (Fsp3) is 0.462. The van der Waals surface area contributed by atoms with Crippen molar-refractivity contribution in [3.05, 3.63) is 24.3 Å². The van der Waals surface area contributed by atoms with Crippen LogP contribution in [0.15, 0.2) is 29.2 Å². The maximum Gasteiger partial charge on any atom is 0.308 e. The highest BCUT2D eigenvalue weighted by atomic mass is 32.2. The first kappa shape index (κ1) is 17.4. The summed E-state index contributed by atoms with van der Waals surface area (Å²) in [6.07, 6.45) is 0. The average Bonchev–Trinajstić information content (AvgIpc) is 2.41. The summed E-state index contributed by atoms with van der Waals surface area (Å²) < 4.78 is 46.3. The molecular formula is C13H18O7S. The number of ether oxygens (including phenoxy) is 3. The van der Waals surface area contributed by atoms with E-state index in [-0.39, 0.29) is 42.5 Å². The molecule has 118 valence electrons. The number of hydrogen-bond donors (Lipinski definition) is 1. The van der Waals surface area contributed by atoms with Crippen LogP contribution in [0.5, 0.6) is 5.75 Å². The predicted octanol–water partition coefficient (Wildman–Crippen LogP) is 1.49. The van der Waals surface area contributed by atoms with E-state index in [9.17, 15) is 13.2 Å². The normalized spacial score (nSPS) is 11.4. The second-order valence-corrected chi connectivity index (χ2v) is 5.80. The van der Waals surface area contributed by atoms with Gasteiger partial charge in [0.2, 0.25) is 0 Å². The molecule has 0 saturated heterocycles. The van der Waals surface area contributed by atoms with E-state index in [1.807, 2.05) is 0 Å². The Bertz CT molecular complexity index is 566. The van der Waals surface area contributed by atoms with E-state index >= 15 is 0 Å². The van der Waals surface area contributed by atoms with Gasteiger partial charge in [0.05, 0.1) is 12.5 Å². The van der Waals surface area contributed by atoms with Crippen molar-refractivity contribution in [3.8, 4) is 5.75 Å². The van der Waals surface area contributed by atoms with Crippen LogP contribution in [-0.2, 0) is 24.4 Å². The molecule has 0 fully saturated rings. The molecule has 0 atom stereocenters. The Labute approximate surface area is 123 Å². The van der Waals surface area contributed by atoms with Crippen molar-refractivity contribution in [2.45, 2.75) is 18.7 Å². The molecule has 0 aromatic heterocycles. The Morgan fingerprint density at radius 2 is 1.90 bits per heavy atom. The largest absolute Gasteiger partial charge is 0.466 e. The minimum absolute atomic E-state index is 0.0147. The third kappa shape index (κ3) is 6.11. The standard InChI is InChI=1S/C13H18O7S/c1-10(2)13(14)19-8-7-18-9-20-11-5-3-4-6-12(11)21(15,16)17/h3-6,10H,7-9H2,1-2H3,(H,15,16,17). The van der Waals surface area contributed by atoms with Gasteiger partial charge in [0.15, 0.2) is 6.79 Å². The molecule has 0 aliphatic carbocycles. The number of rotatable bonds is 8. The summed E-state index contributed by atoms with van der Waals surface area (Å²) >= 11 is 0. The summed E-state index contributed by atoms with van der Waals surface area (Å²) in [5.41, 5.74) is 0. The van der Waals surface area contributed by atoms with E-state index in [0.717, 1.165) is 0 Å². The number of carbonyl (C=O) groups excluding carboxylic acids is 1. The molecule has 0 aliphatic rings. The molecule has 0 bridgehead atoms. The minimum Gasteiger partial charge on any atom is -0.466 e. The maximum absolute atomic E-state index is 11.1. The molecule has 0 amide bonds. The SMILES string of the molecule is CC(C)C(=O)OCCOCOc1ccccc1S(=O)(=O)O. The van der Waals surface area contributed by atoms with Gasteiger partial charge in [-0.3, -0.25) is 9.35 Å². The van der Waals surface area contributed by atoms with E-state index in [4.69, 9.17) is 18.8 Å². The molecular weight excluding hydrogens is 300 g/mol. The van der Waals surface area contributed by atoms with E-state index in [1.54, 1.807) is 19.9 Å². The zero-order valence-corrected chi connectivity index (χ0v) is 12.6. The van der Waals surface area contributed by atoms with Gasteiger partial charge in [0, 0.05) is 0 Å². The van der Waals surface area contributed by atoms with E-state index in [2.05, 4.69) is 0 Å². The molecule has 1 aromatic carbocycles. The van der Waals surface area contributed by atoms with Crippen LogP contribution < -0.4 is 4.74 Å². The molecule has 0 saturated carbocycles. The minimum atomic E-state index is -4.35. The average molecular weight is 318 g/mol. The number of hydrogen-bond acceptors (Lipinski definition) is 6. The van der Waals surface area contributed by atoms with E-state index < -0.39 is 10.1 Å². The molecule has 0 spiro atoms. The van der Waals surface area contributed by atoms with Gasteiger partial charge in [-0.2, -0.15) is 8.42 Å². The number of benzene rings is 1. The van der Waals surface area contributed by atoms with Crippen molar-refractivity contribution in [3.63, 3.8) is 0 Å². The lowest BCUT2D eigenvalue weighted by molar-refractivity contribution is -0.149.